The van der Waals surface area contributed by atoms with Crippen LogP contribution in [0, 0.1) is 0 Å². The van der Waals surface area contributed by atoms with E-state index in [1.54, 1.807) is 42.5 Å². The van der Waals surface area contributed by atoms with Gasteiger partial charge in [0.2, 0.25) is 22.7 Å². The smallest absolute Gasteiger partial charge is 0.248 e. The van der Waals surface area contributed by atoms with Crippen molar-refractivity contribution in [2.75, 3.05) is 29.7 Å². The van der Waals surface area contributed by atoms with Crippen LogP contribution in [0.3, 0.4) is 0 Å². The van der Waals surface area contributed by atoms with Crippen LogP contribution in [0.25, 0.3) is 6.08 Å². The molecule has 0 atom stereocenters. The standard InChI is InChI=1S/C18H18N2O5S/c1-20(26(2,22)23)15-5-3-4-14(11-15)19-18(21)9-7-13-6-8-16-17(10-13)25-12-24-16/h3-11H,12H2,1-2H3,(H,19,21)/b9-7+. The number of rotatable bonds is 5. The van der Waals surface area contributed by atoms with Crippen LogP contribution in [0.5, 0.6) is 11.5 Å². The summed E-state index contributed by atoms with van der Waals surface area (Å²) < 4.78 is 34.9. The van der Waals surface area contributed by atoms with Crippen molar-refractivity contribution in [3.63, 3.8) is 0 Å². The Labute approximate surface area is 151 Å². The molecule has 0 aromatic heterocycles. The van der Waals surface area contributed by atoms with E-state index < -0.39 is 10.0 Å². The molecule has 1 aliphatic heterocycles. The lowest BCUT2D eigenvalue weighted by Gasteiger charge is -2.17. The van der Waals surface area contributed by atoms with E-state index in [4.69, 9.17) is 9.47 Å². The van der Waals surface area contributed by atoms with Crippen molar-refractivity contribution in [3.05, 3.63) is 54.1 Å². The molecule has 0 unspecified atom stereocenters. The molecule has 7 nitrogen and oxygen atoms in total. The molecule has 0 saturated heterocycles. The van der Waals surface area contributed by atoms with Crippen LogP contribution in [-0.2, 0) is 14.8 Å². The highest BCUT2D eigenvalue weighted by atomic mass is 32.2. The molecule has 136 valence electrons. The molecule has 0 bridgehead atoms. The van der Waals surface area contributed by atoms with Gasteiger partial charge in [-0.15, -0.1) is 0 Å². The van der Waals surface area contributed by atoms with E-state index in [1.165, 1.54) is 13.1 Å². The third-order valence-corrected chi connectivity index (χ3v) is 5.00. The number of nitrogens with zero attached hydrogens (tertiary/aromatic N) is 1. The van der Waals surface area contributed by atoms with Crippen LogP contribution in [0.4, 0.5) is 11.4 Å². The third kappa shape index (κ3) is 4.15. The predicted molar refractivity (Wildman–Crippen MR) is 99.9 cm³/mol. The first-order valence-corrected chi connectivity index (χ1v) is 9.60. The number of hydrogen-bond donors (Lipinski definition) is 1. The van der Waals surface area contributed by atoms with Gasteiger partial charge in [0, 0.05) is 18.8 Å². The molecular formula is C18H18N2O5S. The van der Waals surface area contributed by atoms with Crippen LogP contribution in [0.1, 0.15) is 5.56 Å². The Morgan fingerprint density at radius 2 is 1.92 bits per heavy atom. The van der Waals surface area contributed by atoms with Crippen molar-refractivity contribution in [2.45, 2.75) is 0 Å². The van der Waals surface area contributed by atoms with Gasteiger partial charge in [0.25, 0.3) is 0 Å². The summed E-state index contributed by atoms with van der Waals surface area (Å²) in [5, 5.41) is 2.71. The maximum absolute atomic E-state index is 12.1. The molecule has 0 aliphatic carbocycles. The molecule has 1 amide bonds. The highest BCUT2D eigenvalue weighted by Crippen LogP contribution is 2.32. The van der Waals surface area contributed by atoms with E-state index in [1.807, 2.05) is 6.07 Å². The molecule has 0 fully saturated rings. The first-order valence-electron chi connectivity index (χ1n) is 7.75. The maximum atomic E-state index is 12.1. The fourth-order valence-electron chi connectivity index (χ4n) is 2.34. The lowest BCUT2D eigenvalue weighted by molar-refractivity contribution is -0.111. The van der Waals surface area contributed by atoms with Crippen molar-refractivity contribution >= 4 is 33.4 Å². The monoisotopic (exact) mass is 374 g/mol. The van der Waals surface area contributed by atoms with Crippen molar-refractivity contribution in [1.82, 2.24) is 0 Å². The minimum Gasteiger partial charge on any atom is -0.454 e. The van der Waals surface area contributed by atoms with E-state index in [0.717, 1.165) is 16.1 Å². The number of carbonyl (C=O) groups excluding carboxylic acids is 1. The normalized spacial score (nSPS) is 13.0. The number of ether oxygens (including phenoxy) is 2. The van der Waals surface area contributed by atoms with Crippen molar-refractivity contribution in [3.8, 4) is 11.5 Å². The lowest BCUT2D eigenvalue weighted by atomic mass is 10.2. The second-order valence-corrected chi connectivity index (χ2v) is 7.73. The number of hydrogen-bond acceptors (Lipinski definition) is 5. The van der Waals surface area contributed by atoms with E-state index in [9.17, 15) is 13.2 Å². The van der Waals surface area contributed by atoms with Gasteiger partial charge in [-0.3, -0.25) is 9.10 Å². The number of amides is 1. The van der Waals surface area contributed by atoms with E-state index in [2.05, 4.69) is 5.32 Å². The van der Waals surface area contributed by atoms with Gasteiger partial charge in [-0.25, -0.2) is 8.42 Å². The topological polar surface area (TPSA) is 84.9 Å². The Bertz CT molecular complexity index is 969. The average Bonchev–Trinajstić information content (AvgIpc) is 3.06. The van der Waals surface area contributed by atoms with E-state index in [0.29, 0.717) is 22.9 Å². The quantitative estimate of drug-likeness (QED) is 0.813. The van der Waals surface area contributed by atoms with Gasteiger partial charge in [0.1, 0.15) is 0 Å². The van der Waals surface area contributed by atoms with Crippen molar-refractivity contribution in [1.29, 1.82) is 0 Å². The zero-order valence-corrected chi connectivity index (χ0v) is 15.1. The van der Waals surface area contributed by atoms with Crippen LogP contribution >= 0.6 is 0 Å². The largest absolute Gasteiger partial charge is 0.454 e. The first kappa shape index (κ1) is 17.8. The number of fused-ring (bicyclic) bond motifs is 1. The molecule has 1 N–H and O–H groups in total. The summed E-state index contributed by atoms with van der Waals surface area (Å²) in [6.07, 6.45) is 4.17. The zero-order valence-electron chi connectivity index (χ0n) is 14.3. The van der Waals surface area contributed by atoms with Gasteiger partial charge in [0.05, 0.1) is 11.9 Å². The summed E-state index contributed by atoms with van der Waals surface area (Å²) in [5.74, 6) is 0.990. The van der Waals surface area contributed by atoms with Crippen LogP contribution in [0.2, 0.25) is 0 Å². The molecule has 1 aliphatic rings. The Morgan fingerprint density at radius 3 is 2.69 bits per heavy atom. The minimum absolute atomic E-state index is 0.196. The summed E-state index contributed by atoms with van der Waals surface area (Å²) in [6.45, 7) is 0.196. The summed E-state index contributed by atoms with van der Waals surface area (Å²) in [6, 6.07) is 12.0. The summed E-state index contributed by atoms with van der Waals surface area (Å²) >= 11 is 0. The SMILES string of the molecule is CN(c1cccc(NC(=O)/C=C/c2ccc3c(c2)OCO3)c1)S(C)(=O)=O. The first-order chi connectivity index (χ1) is 12.3. The molecule has 2 aromatic rings. The second-order valence-electron chi connectivity index (χ2n) is 5.72. The number of sulfonamides is 1. The fraction of sp³-hybridized carbons (Fsp3) is 0.167. The third-order valence-electron chi connectivity index (χ3n) is 3.80. The van der Waals surface area contributed by atoms with Gasteiger partial charge in [-0.1, -0.05) is 12.1 Å². The molecule has 0 radical (unpaired) electrons. The highest BCUT2D eigenvalue weighted by Gasteiger charge is 2.13. The highest BCUT2D eigenvalue weighted by molar-refractivity contribution is 7.92. The van der Waals surface area contributed by atoms with Gasteiger partial charge >= 0.3 is 0 Å². The average molecular weight is 374 g/mol. The van der Waals surface area contributed by atoms with E-state index in [-0.39, 0.29) is 12.7 Å². The Hall–Kier alpha value is -3.00. The second kappa shape index (κ2) is 7.09. The summed E-state index contributed by atoms with van der Waals surface area (Å²) in [5.41, 5.74) is 1.76. The number of benzene rings is 2. The molecule has 2 aromatic carbocycles. The van der Waals surface area contributed by atoms with Crippen LogP contribution < -0.4 is 19.1 Å². The number of anilines is 2. The van der Waals surface area contributed by atoms with Crippen LogP contribution in [-0.4, -0.2) is 34.4 Å². The number of carbonyl (C=O) groups is 1. The summed E-state index contributed by atoms with van der Waals surface area (Å²) in [4.78, 5) is 12.1. The Morgan fingerprint density at radius 1 is 1.15 bits per heavy atom. The van der Waals surface area contributed by atoms with Gasteiger partial charge in [-0.2, -0.15) is 0 Å². The maximum Gasteiger partial charge on any atom is 0.248 e. The minimum atomic E-state index is -3.37. The Balaban J connectivity index is 1.68. The van der Waals surface area contributed by atoms with Gasteiger partial charge in [0.15, 0.2) is 11.5 Å². The van der Waals surface area contributed by atoms with E-state index >= 15 is 0 Å². The van der Waals surface area contributed by atoms with Crippen molar-refractivity contribution in [2.24, 2.45) is 0 Å². The lowest BCUT2D eigenvalue weighted by Crippen LogP contribution is -2.24. The fourth-order valence-corrected chi connectivity index (χ4v) is 2.84. The predicted octanol–water partition coefficient (Wildman–Crippen LogP) is 2.46. The molecule has 3 rings (SSSR count). The molecular weight excluding hydrogens is 356 g/mol. The summed E-state index contributed by atoms with van der Waals surface area (Å²) in [7, 11) is -1.91. The molecule has 0 spiro atoms. The molecule has 1 heterocycles. The Kier molecular flexibility index (Phi) is 4.85. The molecule has 0 saturated carbocycles. The van der Waals surface area contributed by atoms with Crippen LogP contribution in [0.15, 0.2) is 48.5 Å². The van der Waals surface area contributed by atoms with Gasteiger partial charge in [-0.05, 0) is 42.0 Å². The number of nitrogens with one attached hydrogen (secondary N) is 1. The molecule has 8 heteroatoms. The molecule has 26 heavy (non-hydrogen) atoms. The van der Waals surface area contributed by atoms with Gasteiger partial charge < -0.3 is 14.8 Å². The van der Waals surface area contributed by atoms with Crippen molar-refractivity contribution < 1.29 is 22.7 Å². The zero-order chi connectivity index (χ0) is 18.7.